The molecule has 0 saturated carbocycles. The van der Waals surface area contributed by atoms with Crippen molar-refractivity contribution in [2.45, 2.75) is 52.1 Å². The Morgan fingerprint density at radius 1 is 1.19 bits per heavy atom. The van der Waals surface area contributed by atoms with E-state index in [1.165, 1.54) is 0 Å². The Kier molecular flexibility index (Phi) is 5.28. The minimum atomic E-state index is -0.101. The van der Waals surface area contributed by atoms with Crippen LogP contribution >= 0.6 is 0 Å². The van der Waals surface area contributed by atoms with Gasteiger partial charge in [-0.1, -0.05) is 13.0 Å². The van der Waals surface area contributed by atoms with Crippen molar-refractivity contribution in [2.24, 2.45) is 4.99 Å². The van der Waals surface area contributed by atoms with Crippen LogP contribution in [0, 0.1) is 0 Å². The maximum absolute atomic E-state index is 13.0. The van der Waals surface area contributed by atoms with Gasteiger partial charge in [0.1, 0.15) is 5.58 Å². The lowest BCUT2D eigenvalue weighted by molar-refractivity contribution is 0.239. The Bertz CT molecular complexity index is 1290. The van der Waals surface area contributed by atoms with Crippen LogP contribution in [-0.4, -0.2) is 33.7 Å². The standard InChI is InChI=1S/C24H26N4O3/c1-2-15-6-7-21-17(11-15)22(29)16(14-31-21)12-28-10-8-19-18(13-28)24(30)27-23(26-19)20-5-3-4-9-25-20/h6-7,11,14H,2-5,8-10,12-13H2,1H3,(H,26,27,30). The molecule has 0 aliphatic carbocycles. The van der Waals surface area contributed by atoms with Crippen molar-refractivity contribution in [2.75, 3.05) is 13.1 Å². The first-order valence-corrected chi connectivity index (χ1v) is 11.0. The Morgan fingerprint density at radius 2 is 2.10 bits per heavy atom. The normalized spacial score (nSPS) is 16.9. The summed E-state index contributed by atoms with van der Waals surface area (Å²) in [6.07, 6.45) is 6.15. The van der Waals surface area contributed by atoms with Gasteiger partial charge >= 0.3 is 0 Å². The first-order valence-electron chi connectivity index (χ1n) is 11.0. The van der Waals surface area contributed by atoms with Crippen LogP contribution in [0.4, 0.5) is 0 Å². The number of aryl methyl sites for hydroxylation is 1. The van der Waals surface area contributed by atoms with Gasteiger partial charge in [-0.05, 0) is 43.4 Å². The molecule has 1 aromatic carbocycles. The van der Waals surface area contributed by atoms with Crippen molar-refractivity contribution in [3.63, 3.8) is 0 Å². The number of rotatable bonds is 4. The molecule has 4 heterocycles. The fourth-order valence-corrected chi connectivity index (χ4v) is 4.43. The summed E-state index contributed by atoms with van der Waals surface area (Å²) in [6, 6.07) is 5.76. The quantitative estimate of drug-likeness (QED) is 0.703. The third-order valence-corrected chi connectivity index (χ3v) is 6.26. The van der Waals surface area contributed by atoms with E-state index in [4.69, 9.17) is 9.40 Å². The van der Waals surface area contributed by atoms with Gasteiger partial charge in [0.05, 0.1) is 28.6 Å². The number of aliphatic imine (C=N–C) groups is 1. The van der Waals surface area contributed by atoms with E-state index < -0.39 is 0 Å². The van der Waals surface area contributed by atoms with E-state index >= 15 is 0 Å². The number of benzene rings is 1. The smallest absolute Gasteiger partial charge is 0.255 e. The number of nitrogens with zero attached hydrogens (tertiary/aromatic N) is 3. The first kappa shape index (κ1) is 19.9. The number of hydrogen-bond donors (Lipinski definition) is 1. The van der Waals surface area contributed by atoms with Gasteiger partial charge in [0.25, 0.3) is 5.56 Å². The molecule has 31 heavy (non-hydrogen) atoms. The van der Waals surface area contributed by atoms with Crippen molar-refractivity contribution in [1.82, 2.24) is 14.9 Å². The topological polar surface area (TPSA) is 91.6 Å². The molecule has 0 fully saturated rings. The average molecular weight is 418 g/mol. The van der Waals surface area contributed by atoms with Crippen LogP contribution in [0.1, 0.15) is 54.4 Å². The van der Waals surface area contributed by atoms with E-state index in [0.717, 1.165) is 55.7 Å². The minimum absolute atomic E-state index is 0.0000364. The number of nitrogens with one attached hydrogen (secondary N) is 1. The Hall–Kier alpha value is -3.06. The molecule has 160 valence electrons. The molecule has 3 aromatic rings. The molecule has 0 bridgehead atoms. The van der Waals surface area contributed by atoms with Crippen LogP contribution in [0.25, 0.3) is 11.0 Å². The molecule has 0 amide bonds. The molecule has 7 heteroatoms. The zero-order valence-corrected chi connectivity index (χ0v) is 17.7. The van der Waals surface area contributed by atoms with Gasteiger partial charge < -0.3 is 9.40 Å². The zero-order chi connectivity index (χ0) is 21.4. The summed E-state index contributed by atoms with van der Waals surface area (Å²) in [5.41, 5.74) is 4.67. The molecule has 2 aromatic heterocycles. The molecular formula is C24H26N4O3. The number of aromatic nitrogens is 2. The molecule has 0 unspecified atom stereocenters. The molecule has 7 nitrogen and oxygen atoms in total. The third kappa shape index (κ3) is 3.85. The summed E-state index contributed by atoms with van der Waals surface area (Å²) < 4.78 is 5.72. The lowest BCUT2D eigenvalue weighted by Gasteiger charge is -2.27. The molecule has 0 radical (unpaired) electrons. The summed E-state index contributed by atoms with van der Waals surface area (Å²) in [7, 11) is 0. The molecule has 5 rings (SSSR count). The average Bonchev–Trinajstić information content (AvgIpc) is 2.81. The minimum Gasteiger partial charge on any atom is -0.464 e. The fourth-order valence-electron chi connectivity index (χ4n) is 4.43. The third-order valence-electron chi connectivity index (χ3n) is 6.26. The molecule has 2 aliphatic heterocycles. The van der Waals surface area contributed by atoms with Gasteiger partial charge in [-0.2, -0.15) is 0 Å². The van der Waals surface area contributed by atoms with E-state index in [0.29, 0.717) is 47.4 Å². The van der Waals surface area contributed by atoms with Gasteiger partial charge in [0, 0.05) is 38.2 Å². The maximum Gasteiger partial charge on any atom is 0.255 e. The summed E-state index contributed by atoms with van der Waals surface area (Å²) in [4.78, 5) is 40.1. The number of fused-ring (bicyclic) bond motifs is 2. The molecular weight excluding hydrogens is 392 g/mol. The van der Waals surface area contributed by atoms with Crippen molar-refractivity contribution in [3.05, 3.63) is 73.2 Å². The second kappa shape index (κ2) is 8.23. The second-order valence-corrected chi connectivity index (χ2v) is 8.36. The van der Waals surface area contributed by atoms with Crippen molar-refractivity contribution >= 4 is 16.7 Å². The molecule has 0 atom stereocenters. The van der Waals surface area contributed by atoms with Crippen molar-refractivity contribution in [3.8, 4) is 0 Å². The zero-order valence-electron chi connectivity index (χ0n) is 17.7. The summed E-state index contributed by atoms with van der Waals surface area (Å²) >= 11 is 0. The Balaban J connectivity index is 1.40. The summed E-state index contributed by atoms with van der Waals surface area (Å²) in [6.45, 7) is 4.52. The Morgan fingerprint density at radius 3 is 2.90 bits per heavy atom. The highest BCUT2D eigenvalue weighted by molar-refractivity contribution is 5.97. The van der Waals surface area contributed by atoms with Crippen LogP contribution in [0.5, 0.6) is 0 Å². The monoisotopic (exact) mass is 418 g/mol. The Labute approximate surface area is 179 Å². The van der Waals surface area contributed by atoms with E-state index in [9.17, 15) is 9.59 Å². The van der Waals surface area contributed by atoms with Gasteiger partial charge in [0.2, 0.25) is 0 Å². The number of hydrogen-bond acceptors (Lipinski definition) is 6. The largest absolute Gasteiger partial charge is 0.464 e. The predicted octanol–water partition coefficient (Wildman–Crippen LogP) is 2.97. The molecule has 2 aliphatic rings. The van der Waals surface area contributed by atoms with Crippen molar-refractivity contribution in [1.29, 1.82) is 0 Å². The molecule has 0 spiro atoms. The highest BCUT2D eigenvalue weighted by atomic mass is 16.3. The summed E-state index contributed by atoms with van der Waals surface area (Å²) in [5.74, 6) is 0.624. The van der Waals surface area contributed by atoms with E-state index in [1.54, 1.807) is 6.26 Å². The highest BCUT2D eigenvalue weighted by Crippen LogP contribution is 2.19. The van der Waals surface area contributed by atoms with E-state index in [2.05, 4.69) is 21.8 Å². The van der Waals surface area contributed by atoms with Gasteiger partial charge in [0.15, 0.2) is 11.3 Å². The SMILES string of the molecule is CCc1ccc2occ(CN3CCc4nc(C5=NCCCC5)[nH]c(=O)c4C3)c(=O)c2c1. The van der Waals surface area contributed by atoms with Crippen LogP contribution in [-0.2, 0) is 25.9 Å². The van der Waals surface area contributed by atoms with Crippen LogP contribution in [0.3, 0.4) is 0 Å². The number of aromatic amines is 1. The van der Waals surface area contributed by atoms with Gasteiger partial charge in [-0.25, -0.2) is 4.98 Å². The van der Waals surface area contributed by atoms with Crippen LogP contribution < -0.4 is 11.0 Å². The maximum atomic E-state index is 13.0. The van der Waals surface area contributed by atoms with E-state index in [1.807, 2.05) is 18.2 Å². The lowest BCUT2D eigenvalue weighted by Crippen LogP contribution is -2.37. The van der Waals surface area contributed by atoms with Gasteiger partial charge in [-0.3, -0.25) is 19.5 Å². The van der Waals surface area contributed by atoms with Crippen LogP contribution in [0.15, 0.2) is 43.5 Å². The number of H-pyrrole nitrogens is 1. The first-order chi connectivity index (χ1) is 15.1. The second-order valence-electron chi connectivity index (χ2n) is 8.36. The van der Waals surface area contributed by atoms with E-state index in [-0.39, 0.29) is 11.0 Å². The predicted molar refractivity (Wildman–Crippen MR) is 120 cm³/mol. The lowest BCUT2D eigenvalue weighted by atomic mass is 10.0. The molecule has 0 saturated heterocycles. The van der Waals surface area contributed by atoms with Gasteiger partial charge in [-0.15, -0.1) is 0 Å². The molecule has 1 N–H and O–H groups in total. The summed E-state index contributed by atoms with van der Waals surface area (Å²) in [5, 5.41) is 0.617. The highest BCUT2D eigenvalue weighted by Gasteiger charge is 2.23. The van der Waals surface area contributed by atoms with Crippen LogP contribution in [0.2, 0.25) is 0 Å². The fraction of sp³-hybridized carbons (Fsp3) is 0.417. The van der Waals surface area contributed by atoms with Crippen molar-refractivity contribution < 1.29 is 4.42 Å².